The van der Waals surface area contributed by atoms with Crippen LogP contribution in [0, 0.1) is 10.7 Å². The molecule has 0 amide bonds. The molecule has 0 saturated carbocycles. The molecule has 0 bridgehead atoms. The van der Waals surface area contributed by atoms with Gasteiger partial charge in [0.1, 0.15) is 0 Å². The van der Waals surface area contributed by atoms with Crippen molar-refractivity contribution < 1.29 is 49.7 Å². The number of hydrogen-bond acceptors (Lipinski definition) is 7. The van der Waals surface area contributed by atoms with Crippen LogP contribution < -0.4 is 23.2 Å². The first-order valence-electron chi connectivity index (χ1n) is 36.3. The standard InChI is InChI=1S/C97H59INO7/c1-5-13-55(14-6-1)59-22-31-85-69(38-59)75-45-83-67(46-91(75)101-85)66-42-63(26-29-82(66)99-83)98(64-27-35-89-73(43-64)80-51-94-78(49-96(80)105-89)71-40-61(24-33-87(71)103-94)57-17-9-3-10-18-57,65-28-36-90-74(44-65)81-52-95-79(50-97(81)106-90)72-41-62(25-34-88(72)104-95)58-19-11-4-12-20-58)53-54-21-30-84-68(37-54)76-47-93-77(48-92(76)100-84)70-39-60(23-32-86(70)102-93)56-15-7-2-8-16-56/h1-24,26-33,35-52,71,87,99H,25,34,53H2/q-1. The Hall–Kier alpha value is -12.8. The SMILES string of the molecule is C1=CC2Oc3cc4c(cc3C2C=C1c1ccccc1)oc1ccc([I-](Cc2ccc3oc5cc6c(cc5c3c2)oc2ccc(-c3ccccc3)cc26)(c2ccc3[nH]c5cc6c(cc5c3c2)oc2ccc(-c3ccccc3)cc26)c2ccc3oc5cc6c7c(oc6cc5c3c2)CCC(c2ccccc2)=C7)cc14. The van der Waals surface area contributed by atoms with Crippen molar-refractivity contribution in [3.05, 3.63) is 342 Å². The summed E-state index contributed by atoms with van der Waals surface area (Å²) in [7, 11) is 0. The van der Waals surface area contributed by atoms with Crippen LogP contribution in [0.2, 0.25) is 0 Å². The molecule has 502 valence electrons. The molecule has 2 aliphatic carbocycles. The molecule has 0 spiro atoms. The van der Waals surface area contributed by atoms with E-state index in [1.54, 1.807) is 0 Å². The fraction of sp³-hybridized carbons (Fsp3) is 0.0515. The van der Waals surface area contributed by atoms with Crippen LogP contribution in [0.5, 0.6) is 5.75 Å². The van der Waals surface area contributed by atoms with Gasteiger partial charge in [0.2, 0.25) is 0 Å². The van der Waals surface area contributed by atoms with E-state index in [-0.39, 0.29) is 12.0 Å². The fourth-order valence-corrected chi connectivity index (χ4v) is 27.9. The van der Waals surface area contributed by atoms with E-state index in [0.29, 0.717) is 4.43 Å². The summed E-state index contributed by atoms with van der Waals surface area (Å²) >= 11 is -4.24. The molecule has 14 aromatic carbocycles. The van der Waals surface area contributed by atoms with Gasteiger partial charge < -0.3 is 0 Å². The summed E-state index contributed by atoms with van der Waals surface area (Å²) in [5.74, 6) is 1.93. The Balaban J connectivity index is 0.735. The number of aromatic nitrogens is 1. The van der Waals surface area contributed by atoms with E-state index in [1.807, 2.05) is 0 Å². The van der Waals surface area contributed by atoms with Gasteiger partial charge in [0.15, 0.2) is 0 Å². The molecule has 24 rings (SSSR count). The number of halogens is 1. The third-order valence-corrected chi connectivity index (χ3v) is 33.3. The topological polar surface area (TPSA) is 104 Å². The number of H-pyrrole nitrogens is 1. The van der Waals surface area contributed by atoms with Crippen molar-refractivity contribution in [1.29, 1.82) is 0 Å². The summed E-state index contributed by atoms with van der Waals surface area (Å²) in [6.07, 6.45) is 10.7. The number of benzene rings is 14. The number of fused-ring (bicyclic) bond motifs is 24. The van der Waals surface area contributed by atoms with E-state index in [4.69, 9.17) is 31.2 Å². The molecule has 1 N–H and O–H groups in total. The fourth-order valence-electron chi connectivity index (χ4n) is 17.7. The van der Waals surface area contributed by atoms with Crippen molar-refractivity contribution in [2.75, 3.05) is 0 Å². The molecule has 3 aliphatic rings. The predicted octanol–water partition coefficient (Wildman–Crippen LogP) is 23.2. The van der Waals surface area contributed by atoms with Crippen LogP contribution in [0.3, 0.4) is 0 Å². The molecular weight excluding hydrogens is 1420 g/mol. The number of alkyl halides is 1. The zero-order valence-corrected chi connectivity index (χ0v) is 59.0. The summed E-state index contributed by atoms with van der Waals surface area (Å²) in [5, 5.41) is 13.7. The number of ether oxygens (including phenoxy) is 1. The molecule has 3 unspecified atom stereocenters. The first kappa shape index (κ1) is 58.6. The van der Waals surface area contributed by atoms with Gasteiger partial charge in [-0.1, -0.05) is 84.9 Å². The number of allylic oxidation sites excluding steroid dienone is 3. The molecule has 106 heavy (non-hydrogen) atoms. The number of rotatable bonds is 9. The van der Waals surface area contributed by atoms with Crippen molar-refractivity contribution in [3.8, 4) is 28.0 Å². The summed E-state index contributed by atoms with van der Waals surface area (Å²) in [4.78, 5) is 3.92. The Morgan fingerprint density at radius 2 is 0.783 bits per heavy atom. The van der Waals surface area contributed by atoms with Gasteiger partial charge in [0, 0.05) is 0 Å². The zero-order valence-electron chi connectivity index (χ0n) is 56.9. The molecule has 7 aromatic heterocycles. The van der Waals surface area contributed by atoms with Gasteiger partial charge in [-0.25, -0.2) is 0 Å². The molecule has 1 aliphatic heterocycles. The van der Waals surface area contributed by atoms with Gasteiger partial charge in [0.05, 0.1) is 0 Å². The summed E-state index contributed by atoms with van der Waals surface area (Å²) in [6.45, 7) is 0. The summed E-state index contributed by atoms with van der Waals surface area (Å²) in [6, 6.07) is 102. The van der Waals surface area contributed by atoms with Gasteiger partial charge >= 0.3 is 528 Å². The average molecular weight is 1480 g/mol. The molecule has 0 radical (unpaired) electrons. The number of hydrogen-bond donors (Lipinski definition) is 1. The summed E-state index contributed by atoms with van der Waals surface area (Å²) < 4.78 is 53.0. The van der Waals surface area contributed by atoms with Crippen LogP contribution in [0.4, 0.5) is 0 Å². The summed E-state index contributed by atoms with van der Waals surface area (Å²) in [5.41, 5.74) is 24.2. The normalized spacial score (nSPS) is 16.0. The molecule has 0 fully saturated rings. The quantitative estimate of drug-likeness (QED) is 0.113. The molecule has 3 atom stereocenters. The van der Waals surface area contributed by atoms with E-state index < -0.39 is 18.4 Å². The second kappa shape index (κ2) is 22.1. The number of furan rings is 6. The second-order valence-corrected chi connectivity index (χ2v) is 37.2. The van der Waals surface area contributed by atoms with Gasteiger partial charge in [-0.3, -0.25) is 0 Å². The van der Waals surface area contributed by atoms with Crippen LogP contribution in [0.1, 0.15) is 45.9 Å². The Labute approximate surface area is 608 Å². The van der Waals surface area contributed by atoms with E-state index in [0.717, 1.165) is 195 Å². The first-order chi connectivity index (χ1) is 52.4. The third kappa shape index (κ3) is 8.80. The van der Waals surface area contributed by atoms with Crippen LogP contribution in [-0.4, -0.2) is 11.1 Å². The maximum atomic E-state index is 7.06. The van der Waals surface area contributed by atoms with Gasteiger partial charge in [-0.15, -0.1) is 0 Å². The molecule has 8 nitrogen and oxygen atoms in total. The Kier molecular flexibility index (Phi) is 12.2. The Bertz CT molecular complexity index is 7460. The zero-order chi connectivity index (χ0) is 69.0. The van der Waals surface area contributed by atoms with E-state index in [1.165, 1.54) is 44.1 Å². The van der Waals surface area contributed by atoms with Crippen molar-refractivity contribution in [2.24, 2.45) is 0 Å². The monoisotopic (exact) mass is 1480 g/mol. The third-order valence-electron chi connectivity index (χ3n) is 22.9. The predicted molar refractivity (Wildman–Crippen MR) is 425 cm³/mol. The molecule has 9 heteroatoms. The Morgan fingerprint density at radius 3 is 1.39 bits per heavy atom. The average Bonchev–Trinajstić information content (AvgIpc) is 1.08. The van der Waals surface area contributed by atoms with Gasteiger partial charge in [-0.05, 0) is 0 Å². The van der Waals surface area contributed by atoms with Gasteiger partial charge in [-0.2, -0.15) is 0 Å². The molecule has 0 saturated heterocycles. The van der Waals surface area contributed by atoms with Crippen molar-refractivity contribution in [2.45, 2.75) is 29.3 Å². The van der Waals surface area contributed by atoms with E-state index in [2.05, 4.69) is 308 Å². The maximum absolute atomic E-state index is 7.06. The van der Waals surface area contributed by atoms with Crippen LogP contribution >= 0.6 is 0 Å². The second-order valence-electron chi connectivity index (χ2n) is 28.8. The minimum atomic E-state index is -4.24. The number of aromatic amines is 1. The van der Waals surface area contributed by atoms with Crippen LogP contribution in [-0.2, 0) is 10.8 Å². The van der Waals surface area contributed by atoms with Crippen LogP contribution in [0.25, 0.3) is 182 Å². The van der Waals surface area contributed by atoms with Gasteiger partial charge in [0.25, 0.3) is 0 Å². The number of aryl methyl sites for hydroxylation is 1. The van der Waals surface area contributed by atoms with E-state index in [9.17, 15) is 0 Å². The van der Waals surface area contributed by atoms with Crippen molar-refractivity contribution >= 4 is 160 Å². The Morgan fingerprint density at radius 1 is 0.330 bits per heavy atom. The van der Waals surface area contributed by atoms with Crippen molar-refractivity contribution in [3.63, 3.8) is 0 Å². The first-order valence-corrected chi connectivity index (χ1v) is 41.0. The molecular formula is C97H59INO7-. The molecule has 8 heterocycles. The van der Waals surface area contributed by atoms with Crippen LogP contribution in [0.15, 0.2) is 324 Å². The number of nitrogens with one attached hydrogen (secondary N) is 1. The molecule has 21 aromatic rings. The van der Waals surface area contributed by atoms with E-state index >= 15 is 0 Å². The minimum absolute atomic E-state index is 0.0376. The van der Waals surface area contributed by atoms with Crippen molar-refractivity contribution in [1.82, 2.24) is 4.98 Å².